The van der Waals surface area contributed by atoms with Crippen molar-refractivity contribution < 1.29 is 9.53 Å². The molecule has 0 radical (unpaired) electrons. The molecule has 0 spiro atoms. The molecule has 3 fully saturated rings. The van der Waals surface area contributed by atoms with E-state index in [4.69, 9.17) is 4.74 Å². The third-order valence-electron chi connectivity index (χ3n) is 6.52. The Kier molecular flexibility index (Phi) is 5.41. The minimum atomic E-state index is -0.168. The highest BCUT2D eigenvalue weighted by Gasteiger charge is 2.41. The van der Waals surface area contributed by atoms with Crippen molar-refractivity contribution in [3.8, 4) is 0 Å². The van der Waals surface area contributed by atoms with E-state index in [1.165, 1.54) is 56.3 Å². The molecule has 3 saturated carbocycles. The first-order valence-electron chi connectivity index (χ1n) is 9.26. The maximum absolute atomic E-state index is 12.5. The minimum absolute atomic E-state index is 0.115. The molecule has 24 heavy (non-hydrogen) atoms. The van der Waals surface area contributed by atoms with Crippen LogP contribution in [0.25, 0.3) is 0 Å². The summed E-state index contributed by atoms with van der Waals surface area (Å²) in [6.07, 6.45) is 12.1. The van der Waals surface area contributed by atoms with Crippen LogP contribution in [0.15, 0.2) is 13.6 Å². The normalized spacial score (nSPS) is 35.8. The number of hydrogen-bond donors (Lipinski definition) is 0. The summed E-state index contributed by atoms with van der Waals surface area (Å²) < 4.78 is 7.69. The van der Waals surface area contributed by atoms with Crippen LogP contribution in [0.1, 0.15) is 68.1 Å². The molecule has 4 rings (SSSR count). The van der Waals surface area contributed by atoms with Gasteiger partial charge in [-0.15, -0.1) is 11.3 Å². The highest BCUT2D eigenvalue weighted by atomic mass is 79.9. The predicted octanol–water partition coefficient (Wildman–Crippen LogP) is 6.82. The Morgan fingerprint density at radius 2 is 1.62 bits per heavy atom. The summed E-state index contributed by atoms with van der Waals surface area (Å²) in [5.41, 5.74) is 0.657. The number of carbonyl (C=O) groups excluding carboxylic acids is 1. The van der Waals surface area contributed by atoms with E-state index in [0.29, 0.717) is 5.56 Å². The molecular weight excluding hydrogens is 452 g/mol. The molecule has 0 aromatic carbocycles. The molecule has 0 N–H and O–H groups in total. The van der Waals surface area contributed by atoms with Gasteiger partial charge < -0.3 is 4.74 Å². The van der Waals surface area contributed by atoms with E-state index in [2.05, 4.69) is 31.9 Å². The molecule has 1 heterocycles. The van der Waals surface area contributed by atoms with Crippen molar-refractivity contribution in [1.29, 1.82) is 0 Å². The molecule has 132 valence electrons. The lowest BCUT2D eigenvalue weighted by Crippen LogP contribution is -2.39. The number of rotatable bonds is 2. The topological polar surface area (TPSA) is 26.3 Å². The maximum Gasteiger partial charge on any atom is 0.340 e. The summed E-state index contributed by atoms with van der Waals surface area (Å²) in [5.74, 6) is 3.46. The van der Waals surface area contributed by atoms with Gasteiger partial charge >= 0.3 is 5.97 Å². The van der Waals surface area contributed by atoms with Gasteiger partial charge in [0.1, 0.15) is 6.10 Å². The lowest BCUT2D eigenvalue weighted by Gasteiger charge is -2.47. The molecule has 2 nitrogen and oxygen atoms in total. The Morgan fingerprint density at radius 1 is 0.958 bits per heavy atom. The molecule has 5 unspecified atom stereocenters. The molecule has 0 amide bonds. The number of hydrogen-bond acceptors (Lipinski definition) is 3. The number of halogens is 2. The molecule has 5 heteroatoms. The zero-order valence-electron chi connectivity index (χ0n) is 13.8. The van der Waals surface area contributed by atoms with Crippen molar-refractivity contribution >= 4 is 49.2 Å². The molecular formula is C19H24Br2O2S. The van der Waals surface area contributed by atoms with Crippen LogP contribution in [-0.4, -0.2) is 12.1 Å². The lowest BCUT2D eigenvalue weighted by molar-refractivity contribution is -0.0211. The van der Waals surface area contributed by atoms with Gasteiger partial charge in [0.05, 0.1) is 13.1 Å². The summed E-state index contributed by atoms with van der Waals surface area (Å²) in [4.78, 5) is 12.5. The van der Waals surface area contributed by atoms with E-state index in [0.717, 1.165) is 44.1 Å². The monoisotopic (exact) mass is 474 g/mol. The summed E-state index contributed by atoms with van der Waals surface area (Å²) in [6.45, 7) is 0. The van der Waals surface area contributed by atoms with Crippen LogP contribution in [-0.2, 0) is 4.74 Å². The van der Waals surface area contributed by atoms with Crippen LogP contribution in [0.5, 0.6) is 0 Å². The van der Waals surface area contributed by atoms with Gasteiger partial charge in [-0.25, -0.2) is 4.79 Å². The summed E-state index contributed by atoms with van der Waals surface area (Å²) in [5, 5.41) is 0. The third-order valence-corrected chi connectivity index (χ3v) is 8.86. The number of fused-ring (bicyclic) bond motifs is 2. The molecule has 1 aromatic rings. The van der Waals surface area contributed by atoms with Crippen LogP contribution in [0, 0.1) is 23.7 Å². The first kappa shape index (κ1) is 17.5. The second-order valence-electron chi connectivity index (χ2n) is 7.87. The third kappa shape index (κ3) is 3.64. The number of thiophene rings is 1. The summed E-state index contributed by atoms with van der Waals surface area (Å²) in [6, 6.07) is 1.86. The average Bonchev–Trinajstić information content (AvgIpc) is 2.91. The largest absolute Gasteiger partial charge is 0.459 e. The predicted molar refractivity (Wildman–Crippen MR) is 104 cm³/mol. The van der Waals surface area contributed by atoms with Crippen LogP contribution in [0.4, 0.5) is 0 Å². The highest BCUT2D eigenvalue weighted by Crippen LogP contribution is 2.50. The molecule has 0 aliphatic heterocycles. The van der Waals surface area contributed by atoms with Crippen molar-refractivity contribution in [1.82, 2.24) is 0 Å². The maximum atomic E-state index is 12.5. The second-order valence-corrected chi connectivity index (χ2v) is 11.6. The Labute approximate surface area is 165 Å². The van der Waals surface area contributed by atoms with E-state index in [9.17, 15) is 4.79 Å². The van der Waals surface area contributed by atoms with Gasteiger partial charge in [0.25, 0.3) is 0 Å². The Balaban J connectivity index is 1.37. The molecule has 5 atom stereocenters. The Bertz CT molecular complexity index is 615. The number of ether oxygens (including phenoxy) is 1. The SMILES string of the molecule is O=C(OC1CCC2CC3CCCCC3CC2C1)c1cc(Br)sc1Br. The van der Waals surface area contributed by atoms with Crippen molar-refractivity contribution in [2.45, 2.75) is 63.9 Å². The fraction of sp³-hybridized carbons (Fsp3) is 0.737. The van der Waals surface area contributed by atoms with Gasteiger partial charge in [-0.1, -0.05) is 25.7 Å². The van der Waals surface area contributed by atoms with E-state index >= 15 is 0 Å². The smallest absolute Gasteiger partial charge is 0.340 e. The Hall–Kier alpha value is 0.130. The number of carbonyl (C=O) groups is 1. The van der Waals surface area contributed by atoms with Gasteiger partial charge in [-0.2, -0.15) is 0 Å². The first-order chi connectivity index (χ1) is 11.6. The van der Waals surface area contributed by atoms with Gasteiger partial charge in [0.2, 0.25) is 0 Å². The second kappa shape index (κ2) is 7.40. The van der Waals surface area contributed by atoms with E-state index in [-0.39, 0.29) is 12.1 Å². The highest BCUT2D eigenvalue weighted by molar-refractivity contribution is 9.12. The van der Waals surface area contributed by atoms with Crippen LogP contribution in [0.3, 0.4) is 0 Å². The van der Waals surface area contributed by atoms with E-state index in [1.54, 1.807) is 0 Å². The number of esters is 1. The van der Waals surface area contributed by atoms with Crippen LogP contribution < -0.4 is 0 Å². The molecule has 1 aromatic heterocycles. The van der Waals surface area contributed by atoms with Crippen molar-refractivity contribution in [2.75, 3.05) is 0 Å². The molecule has 3 aliphatic carbocycles. The molecule has 0 saturated heterocycles. The van der Waals surface area contributed by atoms with Crippen molar-refractivity contribution in [2.24, 2.45) is 23.7 Å². The van der Waals surface area contributed by atoms with Crippen molar-refractivity contribution in [3.63, 3.8) is 0 Å². The standard InChI is InChI=1S/C19H24Br2O2S/c20-17-10-16(18(21)24-17)19(22)23-15-6-5-13-7-11-3-1-2-4-12(11)8-14(13)9-15/h10-15H,1-9H2. The first-order valence-corrected chi connectivity index (χ1v) is 11.7. The van der Waals surface area contributed by atoms with E-state index < -0.39 is 0 Å². The van der Waals surface area contributed by atoms with Gasteiger partial charge in [0, 0.05) is 0 Å². The van der Waals surface area contributed by atoms with Crippen molar-refractivity contribution in [3.05, 3.63) is 19.2 Å². The average molecular weight is 476 g/mol. The van der Waals surface area contributed by atoms with Crippen LogP contribution in [0.2, 0.25) is 0 Å². The molecule has 3 aliphatic rings. The zero-order chi connectivity index (χ0) is 16.7. The van der Waals surface area contributed by atoms with Gasteiger partial charge in [-0.3, -0.25) is 0 Å². The molecule has 0 bridgehead atoms. The van der Waals surface area contributed by atoms with E-state index in [1.807, 2.05) is 6.07 Å². The summed E-state index contributed by atoms with van der Waals surface area (Å²) in [7, 11) is 0. The fourth-order valence-corrected chi connectivity index (χ4v) is 8.13. The Morgan fingerprint density at radius 3 is 2.29 bits per heavy atom. The lowest BCUT2D eigenvalue weighted by atomic mass is 9.59. The minimum Gasteiger partial charge on any atom is -0.459 e. The zero-order valence-corrected chi connectivity index (χ0v) is 17.8. The van der Waals surface area contributed by atoms with Gasteiger partial charge in [-0.05, 0) is 93.7 Å². The van der Waals surface area contributed by atoms with Gasteiger partial charge in [0.15, 0.2) is 0 Å². The fourth-order valence-electron chi connectivity index (χ4n) is 5.37. The van der Waals surface area contributed by atoms with Crippen LogP contribution >= 0.6 is 43.2 Å². The quantitative estimate of drug-likeness (QED) is 0.439. The summed E-state index contributed by atoms with van der Waals surface area (Å²) >= 11 is 8.42.